The van der Waals surface area contributed by atoms with Crippen molar-refractivity contribution in [3.63, 3.8) is 0 Å². The molecule has 2 heterocycles. The summed E-state index contributed by atoms with van der Waals surface area (Å²) in [5.74, 6) is -0.200. The van der Waals surface area contributed by atoms with Crippen LogP contribution in [0.2, 0.25) is 0 Å². The van der Waals surface area contributed by atoms with Gasteiger partial charge in [-0.2, -0.15) is 0 Å². The van der Waals surface area contributed by atoms with Gasteiger partial charge in [0.2, 0.25) is 5.91 Å². The van der Waals surface area contributed by atoms with Crippen molar-refractivity contribution in [1.29, 1.82) is 0 Å². The Bertz CT molecular complexity index is 757. The molecule has 1 amide bonds. The fourth-order valence-electron chi connectivity index (χ4n) is 2.07. The largest absolute Gasteiger partial charge is 0.386 e. The Morgan fingerprint density at radius 2 is 2.14 bits per heavy atom. The van der Waals surface area contributed by atoms with Gasteiger partial charge < -0.3 is 10.4 Å². The van der Waals surface area contributed by atoms with Gasteiger partial charge >= 0.3 is 0 Å². The van der Waals surface area contributed by atoms with Crippen molar-refractivity contribution in [1.82, 2.24) is 5.32 Å². The molecule has 0 radical (unpaired) electrons. The van der Waals surface area contributed by atoms with E-state index in [9.17, 15) is 9.90 Å². The van der Waals surface area contributed by atoms with Crippen LogP contribution in [0.5, 0.6) is 0 Å². The van der Waals surface area contributed by atoms with E-state index < -0.39 is 6.10 Å². The number of amides is 1. The number of carbonyl (C=O) groups excluding carboxylic acids is 1. The summed E-state index contributed by atoms with van der Waals surface area (Å²) in [6.45, 7) is 0.209. The first kappa shape index (κ1) is 15.0. The smallest absolute Gasteiger partial charge is 0.244 e. The van der Waals surface area contributed by atoms with E-state index in [1.54, 1.807) is 28.7 Å². The lowest BCUT2D eigenvalue weighted by atomic mass is 10.2. The maximum absolute atomic E-state index is 11.7. The summed E-state index contributed by atoms with van der Waals surface area (Å²) >= 11 is 3.12. The van der Waals surface area contributed by atoms with Crippen LogP contribution in [0.4, 0.5) is 0 Å². The Morgan fingerprint density at radius 1 is 1.27 bits per heavy atom. The molecule has 112 valence electrons. The van der Waals surface area contributed by atoms with Crippen LogP contribution in [-0.4, -0.2) is 17.6 Å². The second kappa shape index (κ2) is 6.87. The molecule has 0 aliphatic heterocycles. The minimum atomic E-state index is -0.684. The molecule has 3 aromatic rings. The van der Waals surface area contributed by atoms with Crippen molar-refractivity contribution in [2.75, 3.05) is 6.54 Å². The first-order chi connectivity index (χ1) is 10.7. The van der Waals surface area contributed by atoms with Gasteiger partial charge in [0, 0.05) is 27.1 Å². The van der Waals surface area contributed by atoms with Crippen molar-refractivity contribution < 1.29 is 9.90 Å². The summed E-state index contributed by atoms with van der Waals surface area (Å²) < 4.78 is 1.14. The van der Waals surface area contributed by atoms with E-state index in [0.29, 0.717) is 0 Å². The normalized spacial score (nSPS) is 12.8. The van der Waals surface area contributed by atoms with Crippen molar-refractivity contribution in [3.05, 3.63) is 63.7 Å². The predicted molar refractivity (Wildman–Crippen MR) is 93.1 cm³/mol. The summed E-state index contributed by atoms with van der Waals surface area (Å²) in [5, 5.41) is 16.0. The average molecular weight is 329 g/mol. The third-order valence-corrected chi connectivity index (χ3v) is 5.24. The number of carbonyl (C=O) groups is 1. The second-order valence-corrected chi connectivity index (χ2v) is 6.89. The molecule has 3 rings (SSSR count). The van der Waals surface area contributed by atoms with Crippen LogP contribution in [-0.2, 0) is 4.79 Å². The van der Waals surface area contributed by atoms with Crippen LogP contribution in [0.25, 0.3) is 16.2 Å². The average Bonchev–Trinajstić information content (AvgIpc) is 3.19. The van der Waals surface area contributed by atoms with Crippen molar-refractivity contribution in [2.45, 2.75) is 6.10 Å². The van der Waals surface area contributed by atoms with Crippen LogP contribution < -0.4 is 5.32 Å². The van der Waals surface area contributed by atoms with Gasteiger partial charge in [-0.25, -0.2) is 0 Å². The molecular weight excluding hydrogens is 314 g/mol. The van der Waals surface area contributed by atoms with Crippen molar-refractivity contribution in [3.8, 4) is 0 Å². The number of thiophene rings is 2. The van der Waals surface area contributed by atoms with Gasteiger partial charge in [-0.05, 0) is 35.0 Å². The molecule has 3 nitrogen and oxygen atoms in total. The van der Waals surface area contributed by atoms with Crippen molar-refractivity contribution >= 4 is 44.7 Å². The molecule has 1 atom stereocenters. The number of aliphatic hydroxyl groups is 1. The van der Waals surface area contributed by atoms with Gasteiger partial charge in [-0.1, -0.05) is 24.3 Å². The minimum absolute atomic E-state index is 0.200. The zero-order valence-corrected chi connectivity index (χ0v) is 13.4. The van der Waals surface area contributed by atoms with Gasteiger partial charge in [-0.15, -0.1) is 22.7 Å². The fourth-order valence-corrected chi connectivity index (χ4v) is 3.74. The number of hydrogen-bond acceptors (Lipinski definition) is 4. The number of benzene rings is 1. The molecule has 0 aliphatic rings. The monoisotopic (exact) mass is 329 g/mol. The fraction of sp³-hybridized carbons (Fsp3) is 0.118. The van der Waals surface area contributed by atoms with Crippen LogP contribution in [0.3, 0.4) is 0 Å². The zero-order valence-electron chi connectivity index (χ0n) is 11.7. The van der Waals surface area contributed by atoms with Gasteiger partial charge in [0.25, 0.3) is 0 Å². The SMILES string of the molecule is O=C(/C=C/c1cccs1)NCC(O)c1cc2ccccc2s1. The quantitative estimate of drug-likeness (QED) is 0.699. The van der Waals surface area contributed by atoms with E-state index in [-0.39, 0.29) is 12.5 Å². The molecule has 0 saturated carbocycles. The van der Waals surface area contributed by atoms with E-state index in [1.165, 1.54) is 6.08 Å². The molecule has 5 heteroatoms. The van der Waals surface area contributed by atoms with Crippen LogP contribution in [0.1, 0.15) is 15.9 Å². The third kappa shape index (κ3) is 3.62. The van der Waals surface area contributed by atoms with Gasteiger partial charge in [0.05, 0.1) is 0 Å². The molecule has 0 spiro atoms. The summed E-state index contributed by atoms with van der Waals surface area (Å²) in [6.07, 6.45) is 2.58. The lowest BCUT2D eigenvalue weighted by molar-refractivity contribution is -0.116. The van der Waals surface area contributed by atoms with Gasteiger partial charge in [-0.3, -0.25) is 4.79 Å². The molecule has 2 N–H and O–H groups in total. The predicted octanol–water partition coefficient (Wildman–Crippen LogP) is 3.83. The molecule has 0 fully saturated rings. The molecule has 1 aromatic carbocycles. The highest BCUT2D eigenvalue weighted by Gasteiger charge is 2.11. The first-order valence-electron chi connectivity index (χ1n) is 6.88. The van der Waals surface area contributed by atoms with E-state index in [4.69, 9.17) is 0 Å². The molecule has 1 unspecified atom stereocenters. The lowest BCUT2D eigenvalue weighted by Gasteiger charge is -2.08. The Hall–Kier alpha value is -1.95. The maximum Gasteiger partial charge on any atom is 0.244 e. The summed E-state index contributed by atoms with van der Waals surface area (Å²) in [7, 11) is 0. The topological polar surface area (TPSA) is 49.3 Å². The zero-order chi connectivity index (χ0) is 15.4. The number of nitrogens with one attached hydrogen (secondary N) is 1. The molecule has 0 aliphatic carbocycles. The summed E-state index contributed by atoms with van der Waals surface area (Å²) in [4.78, 5) is 13.6. The van der Waals surface area contributed by atoms with Crippen LogP contribution >= 0.6 is 22.7 Å². The van der Waals surface area contributed by atoms with Crippen molar-refractivity contribution in [2.24, 2.45) is 0 Å². The molecule has 22 heavy (non-hydrogen) atoms. The Balaban J connectivity index is 1.57. The van der Waals surface area contributed by atoms with E-state index >= 15 is 0 Å². The maximum atomic E-state index is 11.7. The number of aliphatic hydroxyl groups excluding tert-OH is 1. The minimum Gasteiger partial charge on any atom is -0.386 e. The van der Waals surface area contributed by atoms with E-state index in [1.807, 2.05) is 47.8 Å². The Kier molecular flexibility index (Phi) is 4.68. The first-order valence-corrected chi connectivity index (χ1v) is 8.58. The van der Waals surface area contributed by atoms with Gasteiger partial charge in [0.15, 0.2) is 0 Å². The lowest BCUT2D eigenvalue weighted by Crippen LogP contribution is -2.26. The standard InChI is InChI=1S/C17H15NO2S2/c19-14(16-10-12-4-1-2-6-15(12)22-16)11-18-17(20)8-7-13-5-3-9-21-13/h1-10,14,19H,11H2,(H,18,20)/b8-7+. The van der Waals surface area contributed by atoms with Crippen LogP contribution in [0.15, 0.2) is 53.9 Å². The summed E-state index contributed by atoms with van der Waals surface area (Å²) in [6, 6.07) is 13.9. The Morgan fingerprint density at radius 3 is 2.91 bits per heavy atom. The molecular formula is C17H15NO2S2. The highest BCUT2D eigenvalue weighted by atomic mass is 32.1. The second-order valence-electron chi connectivity index (χ2n) is 4.80. The summed E-state index contributed by atoms with van der Waals surface area (Å²) in [5.41, 5.74) is 0. The number of hydrogen-bond donors (Lipinski definition) is 2. The molecule has 0 saturated heterocycles. The number of rotatable bonds is 5. The highest BCUT2D eigenvalue weighted by Crippen LogP contribution is 2.29. The highest BCUT2D eigenvalue weighted by molar-refractivity contribution is 7.19. The molecule has 2 aromatic heterocycles. The van der Waals surface area contributed by atoms with E-state index in [2.05, 4.69) is 5.32 Å². The van der Waals surface area contributed by atoms with Crippen LogP contribution in [0, 0.1) is 0 Å². The van der Waals surface area contributed by atoms with Gasteiger partial charge in [0.1, 0.15) is 6.10 Å². The van der Waals surface area contributed by atoms with E-state index in [0.717, 1.165) is 19.8 Å². The third-order valence-electron chi connectivity index (χ3n) is 3.18. The Labute approximate surface area is 136 Å². The number of fused-ring (bicyclic) bond motifs is 1. The molecule has 0 bridgehead atoms.